The van der Waals surface area contributed by atoms with Crippen molar-refractivity contribution in [2.24, 2.45) is 5.73 Å². The van der Waals surface area contributed by atoms with Crippen LogP contribution in [0.4, 0.5) is 0 Å². The van der Waals surface area contributed by atoms with Crippen LogP contribution in [0.5, 0.6) is 0 Å². The van der Waals surface area contributed by atoms with E-state index in [4.69, 9.17) is 15.9 Å². The second-order valence-electron chi connectivity index (χ2n) is 2.08. The first-order valence-corrected chi connectivity index (χ1v) is 4.25. The minimum Gasteiger partial charge on any atom is -0.371 e. The third-order valence-corrected chi connectivity index (χ3v) is 0.955. The van der Waals surface area contributed by atoms with Crippen molar-refractivity contribution in [1.82, 2.24) is 0 Å². The second kappa shape index (κ2) is 17.3. The highest BCUT2D eigenvalue weighted by Crippen LogP contribution is 1.79. The van der Waals surface area contributed by atoms with Gasteiger partial charge in [0, 0.05) is 0 Å². The average Bonchev–Trinajstić information content (AvgIpc) is 2.22. The minimum atomic E-state index is -0.750. The van der Waals surface area contributed by atoms with Gasteiger partial charge in [-0.3, -0.25) is 0 Å². The van der Waals surface area contributed by atoms with Crippen LogP contribution in [0, 0.1) is 0 Å². The maximum Gasteiger partial charge on any atom is 0.140 e. The Kier molecular flexibility index (Phi) is 19.4. The van der Waals surface area contributed by atoms with E-state index in [0.717, 1.165) is 13.0 Å². The number of aliphatic hydroxyl groups is 2. The number of nitrogens with two attached hydrogens (primary N) is 1. The van der Waals surface area contributed by atoms with Gasteiger partial charge < -0.3 is 15.9 Å². The molecule has 0 aromatic heterocycles. The lowest BCUT2D eigenvalue weighted by molar-refractivity contribution is 0.0773. The van der Waals surface area contributed by atoms with Gasteiger partial charge in [-0.1, -0.05) is 43.3 Å². The summed E-state index contributed by atoms with van der Waals surface area (Å²) in [6, 6.07) is 12.0. The molecule has 0 amide bonds. The molecule has 3 nitrogen and oxygen atoms in total. The predicted octanol–water partition coefficient (Wildman–Crippen LogP) is 0.970. The SMILES string of the molecule is CCCN.OCO.c1ccccc1. The van der Waals surface area contributed by atoms with E-state index in [1.165, 1.54) is 0 Å². The fraction of sp³-hybridized carbons (Fsp3) is 0.400. The zero-order chi connectivity index (χ0) is 10.4. The van der Waals surface area contributed by atoms with E-state index < -0.39 is 6.79 Å². The van der Waals surface area contributed by atoms with E-state index in [1.807, 2.05) is 36.4 Å². The fourth-order valence-electron chi connectivity index (χ4n) is 0.385. The molecule has 0 atom stereocenters. The van der Waals surface area contributed by atoms with Gasteiger partial charge in [-0.2, -0.15) is 0 Å². The summed E-state index contributed by atoms with van der Waals surface area (Å²) in [4.78, 5) is 0. The highest BCUT2D eigenvalue weighted by molar-refractivity contribution is 4.99. The molecule has 3 heteroatoms. The quantitative estimate of drug-likeness (QED) is 0.571. The molecule has 0 aliphatic heterocycles. The van der Waals surface area contributed by atoms with Crippen LogP contribution < -0.4 is 5.73 Å². The van der Waals surface area contributed by atoms with Gasteiger partial charge >= 0.3 is 0 Å². The van der Waals surface area contributed by atoms with Gasteiger partial charge in [0.15, 0.2) is 0 Å². The molecule has 0 unspecified atom stereocenters. The van der Waals surface area contributed by atoms with Crippen molar-refractivity contribution in [3.8, 4) is 0 Å². The molecule has 13 heavy (non-hydrogen) atoms. The Morgan fingerprint density at radius 2 is 1.08 bits per heavy atom. The van der Waals surface area contributed by atoms with Crippen LogP contribution in [0.25, 0.3) is 0 Å². The Balaban J connectivity index is 0. The van der Waals surface area contributed by atoms with E-state index >= 15 is 0 Å². The van der Waals surface area contributed by atoms with Gasteiger partial charge in [0.1, 0.15) is 6.79 Å². The number of aliphatic hydroxyl groups excluding tert-OH is 1. The Labute approximate surface area is 79.8 Å². The Hall–Kier alpha value is -0.900. The van der Waals surface area contributed by atoms with Crippen LogP contribution in [0.1, 0.15) is 13.3 Å². The number of benzene rings is 1. The molecule has 0 aliphatic carbocycles. The van der Waals surface area contributed by atoms with Crippen LogP contribution in [-0.2, 0) is 0 Å². The molecule has 0 bridgehead atoms. The summed E-state index contributed by atoms with van der Waals surface area (Å²) in [6.45, 7) is 2.12. The van der Waals surface area contributed by atoms with Crippen LogP contribution in [0.3, 0.4) is 0 Å². The summed E-state index contributed by atoms with van der Waals surface area (Å²) in [5.41, 5.74) is 5.03. The number of rotatable bonds is 1. The smallest absolute Gasteiger partial charge is 0.140 e. The van der Waals surface area contributed by atoms with Crippen molar-refractivity contribution >= 4 is 0 Å². The average molecular weight is 185 g/mol. The molecule has 1 aromatic carbocycles. The Morgan fingerprint density at radius 3 is 1.15 bits per heavy atom. The van der Waals surface area contributed by atoms with E-state index in [0.29, 0.717) is 0 Å². The van der Waals surface area contributed by atoms with Crippen LogP contribution in [0.2, 0.25) is 0 Å². The standard InChI is InChI=1S/C6H6.C3H9N.CH4O2/c1-2-4-6-5-3-1;1-2-3-4;2-1-3/h1-6H;2-4H2,1H3;2-3H,1H2. The molecule has 0 radical (unpaired) electrons. The Bertz CT molecular complexity index is 116. The van der Waals surface area contributed by atoms with E-state index in [9.17, 15) is 0 Å². The van der Waals surface area contributed by atoms with E-state index in [-0.39, 0.29) is 0 Å². The van der Waals surface area contributed by atoms with Crippen molar-refractivity contribution in [3.63, 3.8) is 0 Å². The van der Waals surface area contributed by atoms with Crippen molar-refractivity contribution in [2.45, 2.75) is 13.3 Å². The van der Waals surface area contributed by atoms with Gasteiger partial charge in [-0.15, -0.1) is 0 Å². The van der Waals surface area contributed by atoms with Gasteiger partial charge in [-0.05, 0) is 13.0 Å². The summed E-state index contributed by atoms with van der Waals surface area (Å²) in [7, 11) is 0. The van der Waals surface area contributed by atoms with Crippen molar-refractivity contribution in [3.05, 3.63) is 36.4 Å². The molecule has 76 valence electrons. The third kappa shape index (κ3) is 24.7. The first kappa shape index (κ1) is 14.6. The molecule has 4 N–H and O–H groups in total. The van der Waals surface area contributed by atoms with Crippen molar-refractivity contribution in [1.29, 1.82) is 0 Å². The van der Waals surface area contributed by atoms with Crippen LogP contribution >= 0.6 is 0 Å². The topological polar surface area (TPSA) is 66.5 Å². The maximum atomic E-state index is 7.12. The number of hydrogen-bond donors (Lipinski definition) is 3. The fourth-order valence-corrected chi connectivity index (χ4v) is 0.385. The molecule has 1 rings (SSSR count). The van der Waals surface area contributed by atoms with E-state index in [2.05, 4.69) is 6.92 Å². The first-order valence-electron chi connectivity index (χ1n) is 4.25. The van der Waals surface area contributed by atoms with Crippen molar-refractivity contribution < 1.29 is 10.2 Å². The summed E-state index contributed by atoms with van der Waals surface area (Å²) in [5, 5.41) is 14.2. The molecule has 0 spiro atoms. The van der Waals surface area contributed by atoms with E-state index in [1.54, 1.807) is 0 Å². The first-order chi connectivity index (χ1) is 6.33. The summed E-state index contributed by atoms with van der Waals surface area (Å²) in [6.07, 6.45) is 1.10. The molecular formula is C10H19NO2. The monoisotopic (exact) mass is 185 g/mol. The maximum absolute atomic E-state index is 7.12. The van der Waals surface area contributed by atoms with Gasteiger partial charge in [-0.25, -0.2) is 0 Å². The molecular weight excluding hydrogens is 166 g/mol. The molecule has 1 aromatic rings. The molecule has 0 aliphatic rings. The zero-order valence-electron chi connectivity index (χ0n) is 8.06. The molecule has 0 heterocycles. The highest BCUT2D eigenvalue weighted by Gasteiger charge is 1.57. The summed E-state index contributed by atoms with van der Waals surface area (Å²) < 4.78 is 0. The van der Waals surface area contributed by atoms with Crippen LogP contribution in [-0.4, -0.2) is 23.6 Å². The predicted molar refractivity (Wildman–Crippen MR) is 55.1 cm³/mol. The second-order valence-corrected chi connectivity index (χ2v) is 2.08. The minimum absolute atomic E-state index is 0.750. The Morgan fingerprint density at radius 1 is 0.923 bits per heavy atom. The lowest BCUT2D eigenvalue weighted by Crippen LogP contribution is -1.93. The molecule has 0 fully saturated rings. The number of hydrogen-bond acceptors (Lipinski definition) is 3. The van der Waals surface area contributed by atoms with Gasteiger partial charge in [0.25, 0.3) is 0 Å². The van der Waals surface area contributed by atoms with Gasteiger partial charge in [0.05, 0.1) is 0 Å². The zero-order valence-corrected chi connectivity index (χ0v) is 8.06. The largest absolute Gasteiger partial charge is 0.371 e. The lowest BCUT2D eigenvalue weighted by Gasteiger charge is -1.70. The summed E-state index contributed by atoms with van der Waals surface area (Å²) in [5.74, 6) is 0. The highest BCUT2D eigenvalue weighted by atomic mass is 16.5. The van der Waals surface area contributed by atoms with Crippen molar-refractivity contribution in [2.75, 3.05) is 13.3 Å². The lowest BCUT2D eigenvalue weighted by atomic mass is 10.4. The molecule has 0 saturated heterocycles. The third-order valence-electron chi connectivity index (χ3n) is 0.955. The summed E-state index contributed by atoms with van der Waals surface area (Å²) >= 11 is 0. The normalized spacial score (nSPS) is 7.38. The van der Waals surface area contributed by atoms with Crippen LogP contribution in [0.15, 0.2) is 36.4 Å². The van der Waals surface area contributed by atoms with Gasteiger partial charge in [0.2, 0.25) is 0 Å². The molecule has 0 saturated carbocycles.